The van der Waals surface area contributed by atoms with Crippen molar-refractivity contribution in [1.82, 2.24) is 4.98 Å². The number of aromatic nitrogens is 1. The summed E-state index contributed by atoms with van der Waals surface area (Å²) in [6.07, 6.45) is 3.34. The third kappa shape index (κ3) is 4.43. The van der Waals surface area contributed by atoms with E-state index in [1.807, 2.05) is 52.0 Å². The van der Waals surface area contributed by atoms with Gasteiger partial charge in [-0.2, -0.15) is 0 Å². The Bertz CT molecular complexity index is 967. The van der Waals surface area contributed by atoms with E-state index in [2.05, 4.69) is 4.98 Å². The van der Waals surface area contributed by atoms with Crippen LogP contribution >= 0.6 is 11.6 Å². The molecule has 2 aromatic rings. The summed E-state index contributed by atoms with van der Waals surface area (Å²) in [6.45, 7) is 7.99. The summed E-state index contributed by atoms with van der Waals surface area (Å²) in [7, 11) is 0. The van der Waals surface area contributed by atoms with Crippen LogP contribution in [-0.2, 0) is 9.53 Å². The van der Waals surface area contributed by atoms with Gasteiger partial charge in [0.15, 0.2) is 6.61 Å². The van der Waals surface area contributed by atoms with Crippen LogP contribution in [0.4, 0.5) is 5.69 Å². The Labute approximate surface area is 175 Å². The van der Waals surface area contributed by atoms with Crippen molar-refractivity contribution in [3.8, 4) is 5.75 Å². The van der Waals surface area contributed by atoms with Gasteiger partial charge in [-0.3, -0.25) is 9.69 Å². The maximum Gasteiger partial charge on any atom is 0.340 e. The number of fused-ring (bicyclic) bond motifs is 1. The van der Waals surface area contributed by atoms with Crippen molar-refractivity contribution in [3.63, 3.8) is 0 Å². The summed E-state index contributed by atoms with van der Waals surface area (Å²) < 4.78 is 10.8. The minimum absolute atomic E-state index is 0.234. The fraction of sp³-hybridized carbons (Fsp3) is 0.318. The van der Waals surface area contributed by atoms with Crippen molar-refractivity contribution >= 4 is 34.7 Å². The summed E-state index contributed by atoms with van der Waals surface area (Å²) in [6, 6.07) is 8.62. The molecule has 1 aliphatic rings. The predicted octanol–water partition coefficient (Wildman–Crippen LogP) is 4.52. The summed E-state index contributed by atoms with van der Waals surface area (Å²) >= 11 is 5.73. The summed E-state index contributed by atoms with van der Waals surface area (Å²) in [5.41, 5.74) is 2.39. The quantitative estimate of drug-likeness (QED) is 0.531. The van der Waals surface area contributed by atoms with Gasteiger partial charge in [-0.05, 0) is 63.6 Å². The first-order valence-electron chi connectivity index (χ1n) is 9.31. The number of pyridine rings is 1. The molecule has 0 radical (unpaired) electrons. The molecule has 0 bridgehead atoms. The Balaban J connectivity index is 1.82. The maximum atomic E-state index is 13.0. The third-order valence-corrected chi connectivity index (χ3v) is 4.85. The first kappa shape index (κ1) is 20.9. The first-order chi connectivity index (χ1) is 13.7. The monoisotopic (exact) mass is 414 g/mol. The van der Waals surface area contributed by atoms with Crippen LogP contribution in [0.15, 0.2) is 42.6 Å². The van der Waals surface area contributed by atoms with Crippen LogP contribution < -0.4 is 9.64 Å². The molecule has 0 aliphatic carbocycles. The summed E-state index contributed by atoms with van der Waals surface area (Å²) in [5, 5.41) is 0.276. The molecule has 3 rings (SSSR count). The molecule has 1 aromatic heterocycles. The van der Waals surface area contributed by atoms with Crippen LogP contribution in [0.2, 0.25) is 5.15 Å². The van der Waals surface area contributed by atoms with Gasteiger partial charge in [-0.15, -0.1) is 0 Å². The molecule has 0 fully saturated rings. The molecule has 1 aliphatic heterocycles. The van der Waals surface area contributed by atoms with Crippen molar-refractivity contribution in [2.45, 2.75) is 33.2 Å². The van der Waals surface area contributed by atoms with E-state index in [0.29, 0.717) is 6.61 Å². The first-order valence-corrected chi connectivity index (χ1v) is 9.69. The lowest BCUT2D eigenvalue weighted by atomic mass is 9.88. The fourth-order valence-electron chi connectivity index (χ4n) is 3.49. The zero-order valence-electron chi connectivity index (χ0n) is 16.9. The Morgan fingerprint density at radius 2 is 1.97 bits per heavy atom. The Morgan fingerprint density at radius 3 is 2.62 bits per heavy atom. The highest BCUT2D eigenvalue weighted by Crippen LogP contribution is 2.40. The van der Waals surface area contributed by atoms with Crippen LogP contribution in [0.1, 0.15) is 43.6 Å². The molecule has 6 nitrogen and oxygen atoms in total. The van der Waals surface area contributed by atoms with Gasteiger partial charge >= 0.3 is 5.97 Å². The number of esters is 1. The molecule has 29 heavy (non-hydrogen) atoms. The van der Waals surface area contributed by atoms with Crippen LogP contribution in [0, 0.1) is 0 Å². The molecule has 2 heterocycles. The second-order valence-electron chi connectivity index (χ2n) is 7.27. The van der Waals surface area contributed by atoms with Gasteiger partial charge in [0.1, 0.15) is 10.9 Å². The van der Waals surface area contributed by atoms with Crippen LogP contribution in [0.25, 0.3) is 5.57 Å². The number of hydrogen-bond donors (Lipinski definition) is 0. The minimum atomic E-state index is -0.629. The molecule has 1 amide bonds. The highest BCUT2D eigenvalue weighted by molar-refractivity contribution is 6.29. The van der Waals surface area contributed by atoms with Crippen LogP contribution in [0.3, 0.4) is 0 Å². The number of nitrogens with zero attached hydrogens (tertiary/aromatic N) is 2. The van der Waals surface area contributed by atoms with Crippen molar-refractivity contribution in [2.75, 3.05) is 18.1 Å². The topological polar surface area (TPSA) is 68.7 Å². The van der Waals surface area contributed by atoms with Gasteiger partial charge in [0.25, 0.3) is 5.91 Å². The van der Waals surface area contributed by atoms with E-state index in [0.717, 1.165) is 22.6 Å². The number of allylic oxidation sites excluding steroid dienone is 1. The van der Waals surface area contributed by atoms with Crippen molar-refractivity contribution < 1.29 is 19.1 Å². The minimum Gasteiger partial charge on any atom is -0.494 e. The molecular formula is C22H23ClN2O4. The third-order valence-electron chi connectivity index (χ3n) is 4.63. The zero-order valence-corrected chi connectivity index (χ0v) is 17.6. The van der Waals surface area contributed by atoms with Gasteiger partial charge in [-0.1, -0.05) is 17.7 Å². The molecule has 0 saturated carbocycles. The number of hydrogen-bond acceptors (Lipinski definition) is 5. The number of ether oxygens (including phenoxy) is 2. The SMILES string of the molecule is CCOc1ccc2c(c1)C(C)=CC(C)(C)N2C(=O)COC(=O)c1ccc(Cl)nc1. The van der Waals surface area contributed by atoms with Crippen molar-refractivity contribution in [2.24, 2.45) is 0 Å². The zero-order chi connectivity index (χ0) is 21.2. The van der Waals surface area contributed by atoms with Gasteiger partial charge < -0.3 is 9.47 Å². The maximum absolute atomic E-state index is 13.0. The lowest BCUT2D eigenvalue weighted by Gasteiger charge is -2.41. The van der Waals surface area contributed by atoms with E-state index in [1.54, 1.807) is 4.90 Å². The number of benzene rings is 1. The van der Waals surface area contributed by atoms with Gasteiger partial charge in [0.05, 0.1) is 23.4 Å². The van der Waals surface area contributed by atoms with E-state index in [4.69, 9.17) is 21.1 Å². The van der Waals surface area contributed by atoms with E-state index >= 15 is 0 Å². The number of carbonyl (C=O) groups is 2. The van der Waals surface area contributed by atoms with E-state index in [1.165, 1.54) is 18.3 Å². The fourth-order valence-corrected chi connectivity index (χ4v) is 3.60. The molecule has 152 valence electrons. The number of amides is 1. The van der Waals surface area contributed by atoms with E-state index in [-0.39, 0.29) is 23.2 Å². The molecular weight excluding hydrogens is 392 g/mol. The number of halogens is 1. The second-order valence-corrected chi connectivity index (χ2v) is 7.66. The van der Waals surface area contributed by atoms with Crippen molar-refractivity contribution in [1.29, 1.82) is 0 Å². The molecule has 0 unspecified atom stereocenters. The van der Waals surface area contributed by atoms with Crippen LogP contribution in [0.5, 0.6) is 5.75 Å². The van der Waals surface area contributed by atoms with Gasteiger partial charge in [0.2, 0.25) is 0 Å². The highest BCUT2D eigenvalue weighted by atomic mass is 35.5. The Morgan fingerprint density at radius 1 is 1.21 bits per heavy atom. The number of anilines is 1. The number of rotatable bonds is 5. The molecule has 0 atom stereocenters. The average Bonchev–Trinajstić information content (AvgIpc) is 2.66. The Hall–Kier alpha value is -2.86. The molecule has 0 N–H and O–H groups in total. The average molecular weight is 415 g/mol. The molecule has 7 heteroatoms. The second kappa shape index (κ2) is 8.25. The highest BCUT2D eigenvalue weighted by Gasteiger charge is 2.36. The molecule has 1 aromatic carbocycles. The van der Waals surface area contributed by atoms with Crippen molar-refractivity contribution in [3.05, 3.63) is 58.9 Å². The smallest absolute Gasteiger partial charge is 0.340 e. The summed E-state index contributed by atoms with van der Waals surface area (Å²) in [4.78, 5) is 30.8. The largest absolute Gasteiger partial charge is 0.494 e. The summed E-state index contributed by atoms with van der Waals surface area (Å²) in [5.74, 6) is -0.205. The van der Waals surface area contributed by atoms with Crippen LogP contribution in [-0.4, -0.2) is 35.6 Å². The number of carbonyl (C=O) groups excluding carboxylic acids is 2. The Kier molecular flexibility index (Phi) is 5.94. The molecule has 0 spiro atoms. The normalized spacial score (nSPS) is 14.7. The van der Waals surface area contributed by atoms with Gasteiger partial charge in [0, 0.05) is 11.8 Å². The predicted molar refractivity (Wildman–Crippen MR) is 112 cm³/mol. The lowest BCUT2D eigenvalue weighted by Crippen LogP contribution is -2.50. The van der Waals surface area contributed by atoms with E-state index < -0.39 is 11.5 Å². The molecule has 0 saturated heterocycles. The lowest BCUT2D eigenvalue weighted by molar-refractivity contribution is -0.122. The standard InChI is InChI=1S/C22H23ClN2O4/c1-5-28-16-7-8-18-17(10-16)14(2)11-22(3,4)25(18)20(26)13-29-21(27)15-6-9-19(23)24-12-15/h6-12H,5,13H2,1-4H3. The van der Waals surface area contributed by atoms with Gasteiger partial charge in [-0.25, -0.2) is 9.78 Å². The van der Waals surface area contributed by atoms with E-state index in [9.17, 15) is 9.59 Å².